The molecule has 0 aromatic rings. The van der Waals surface area contributed by atoms with Crippen LogP contribution < -0.4 is 16.4 Å². The summed E-state index contributed by atoms with van der Waals surface area (Å²) in [7, 11) is 0. The van der Waals surface area contributed by atoms with Crippen molar-refractivity contribution in [2.75, 3.05) is 19.7 Å². The molecule has 3 amide bonds. The number of hydrogen-bond donors (Lipinski definition) is 6. The van der Waals surface area contributed by atoms with Crippen LogP contribution in [0.25, 0.3) is 0 Å². The van der Waals surface area contributed by atoms with Gasteiger partial charge in [0.1, 0.15) is 18.1 Å². The number of aliphatic hydroxyl groups excluding tert-OH is 2. The van der Waals surface area contributed by atoms with Crippen LogP contribution in [-0.4, -0.2) is 87.8 Å². The third-order valence-electron chi connectivity index (χ3n) is 3.91. The molecule has 25 heavy (non-hydrogen) atoms. The molecule has 1 saturated heterocycles. The van der Waals surface area contributed by atoms with Gasteiger partial charge in [-0.15, -0.1) is 0 Å². The van der Waals surface area contributed by atoms with Crippen LogP contribution in [0.4, 0.5) is 0 Å². The van der Waals surface area contributed by atoms with Crippen LogP contribution >= 0.6 is 0 Å². The number of aliphatic carboxylic acids is 1. The van der Waals surface area contributed by atoms with Crippen LogP contribution in [0, 0.1) is 0 Å². The van der Waals surface area contributed by atoms with E-state index in [1.54, 1.807) is 0 Å². The fourth-order valence-electron chi connectivity index (χ4n) is 2.39. The SMILES string of the molecule is C[C@@H](O)[C@H](N)C(=O)N[C@@H](CO)C(=O)NCC(=O)N1CCC[C@H]1C(=O)O. The van der Waals surface area contributed by atoms with Gasteiger partial charge in [-0.05, 0) is 19.8 Å². The first-order valence-corrected chi connectivity index (χ1v) is 7.83. The van der Waals surface area contributed by atoms with Crippen LogP contribution in [0.15, 0.2) is 0 Å². The third kappa shape index (κ3) is 5.66. The maximum absolute atomic E-state index is 12.0. The smallest absolute Gasteiger partial charge is 0.326 e. The molecular weight excluding hydrogens is 336 g/mol. The molecule has 0 spiro atoms. The Morgan fingerprint density at radius 3 is 2.44 bits per heavy atom. The second-order valence-corrected chi connectivity index (χ2v) is 5.81. The minimum atomic E-state index is -1.35. The van der Waals surface area contributed by atoms with Gasteiger partial charge in [-0.2, -0.15) is 0 Å². The monoisotopic (exact) mass is 360 g/mol. The molecule has 0 radical (unpaired) electrons. The van der Waals surface area contributed by atoms with Gasteiger partial charge in [-0.25, -0.2) is 4.79 Å². The molecule has 0 aliphatic carbocycles. The van der Waals surface area contributed by atoms with Crippen molar-refractivity contribution in [2.45, 2.75) is 44.0 Å². The van der Waals surface area contributed by atoms with E-state index in [1.165, 1.54) is 11.8 Å². The van der Waals surface area contributed by atoms with Crippen LogP contribution in [0.1, 0.15) is 19.8 Å². The van der Waals surface area contributed by atoms with Gasteiger partial charge in [0, 0.05) is 6.54 Å². The summed E-state index contributed by atoms with van der Waals surface area (Å²) in [5, 5.41) is 31.9. The fraction of sp³-hybridized carbons (Fsp3) is 0.714. The lowest BCUT2D eigenvalue weighted by Crippen LogP contribution is -2.56. The summed E-state index contributed by atoms with van der Waals surface area (Å²) in [5.74, 6) is -3.33. The van der Waals surface area contributed by atoms with Gasteiger partial charge >= 0.3 is 5.97 Å². The number of rotatable bonds is 8. The normalized spacial score (nSPS) is 20.5. The van der Waals surface area contributed by atoms with Gasteiger partial charge in [0.05, 0.1) is 19.3 Å². The molecule has 11 heteroatoms. The van der Waals surface area contributed by atoms with Crippen molar-refractivity contribution in [3.63, 3.8) is 0 Å². The molecule has 1 fully saturated rings. The molecule has 0 unspecified atom stereocenters. The Balaban J connectivity index is 2.54. The molecular formula is C14H24N4O7. The van der Waals surface area contributed by atoms with E-state index in [4.69, 9.17) is 10.8 Å². The van der Waals surface area contributed by atoms with E-state index in [1.807, 2.05) is 0 Å². The van der Waals surface area contributed by atoms with Crippen molar-refractivity contribution in [2.24, 2.45) is 5.73 Å². The molecule has 11 nitrogen and oxygen atoms in total. The van der Waals surface area contributed by atoms with Crippen LogP contribution in [0.3, 0.4) is 0 Å². The number of aliphatic hydroxyl groups is 2. The van der Waals surface area contributed by atoms with Gasteiger partial charge in [0.25, 0.3) is 0 Å². The van der Waals surface area contributed by atoms with Gasteiger partial charge < -0.3 is 36.6 Å². The highest BCUT2D eigenvalue weighted by molar-refractivity contribution is 5.92. The van der Waals surface area contributed by atoms with Crippen LogP contribution in [0.5, 0.6) is 0 Å². The lowest BCUT2D eigenvalue weighted by molar-refractivity contribution is -0.148. The summed E-state index contributed by atoms with van der Waals surface area (Å²) in [5.41, 5.74) is 5.42. The van der Waals surface area contributed by atoms with E-state index < -0.39 is 61.1 Å². The topological polar surface area (TPSA) is 182 Å². The molecule has 1 rings (SSSR count). The van der Waals surface area contributed by atoms with Crippen LogP contribution in [0.2, 0.25) is 0 Å². The highest BCUT2D eigenvalue weighted by atomic mass is 16.4. The van der Waals surface area contributed by atoms with E-state index in [0.29, 0.717) is 12.8 Å². The molecule has 1 aliphatic heterocycles. The first-order chi connectivity index (χ1) is 11.7. The molecule has 1 aliphatic rings. The summed E-state index contributed by atoms with van der Waals surface area (Å²) in [6, 6.07) is -3.54. The van der Waals surface area contributed by atoms with E-state index in [0.717, 1.165) is 0 Å². The molecule has 0 aromatic heterocycles. The number of hydrogen-bond acceptors (Lipinski definition) is 7. The lowest BCUT2D eigenvalue weighted by Gasteiger charge is -2.23. The Labute approximate surface area is 144 Å². The highest BCUT2D eigenvalue weighted by Crippen LogP contribution is 2.17. The number of carbonyl (C=O) groups excluding carboxylic acids is 3. The van der Waals surface area contributed by atoms with Crippen LogP contribution in [-0.2, 0) is 19.2 Å². The first-order valence-electron chi connectivity index (χ1n) is 7.83. The van der Waals surface area contributed by atoms with E-state index in [9.17, 15) is 29.4 Å². The summed E-state index contributed by atoms with van der Waals surface area (Å²) >= 11 is 0. The summed E-state index contributed by atoms with van der Waals surface area (Å²) in [6.45, 7) is 0.387. The fourth-order valence-corrected chi connectivity index (χ4v) is 2.39. The quantitative estimate of drug-likeness (QED) is 0.256. The molecule has 7 N–H and O–H groups in total. The van der Waals surface area contributed by atoms with Crippen molar-refractivity contribution in [3.05, 3.63) is 0 Å². The van der Waals surface area contributed by atoms with Crippen molar-refractivity contribution in [1.82, 2.24) is 15.5 Å². The second kappa shape index (κ2) is 9.30. The number of nitrogens with two attached hydrogens (primary N) is 1. The van der Waals surface area contributed by atoms with Crippen molar-refractivity contribution in [1.29, 1.82) is 0 Å². The minimum absolute atomic E-state index is 0.287. The number of amides is 3. The summed E-state index contributed by atoms with van der Waals surface area (Å²) in [6.07, 6.45) is -0.239. The number of carboxylic acids is 1. The Morgan fingerprint density at radius 2 is 1.92 bits per heavy atom. The maximum atomic E-state index is 12.0. The highest BCUT2D eigenvalue weighted by Gasteiger charge is 2.34. The predicted molar refractivity (Wildman–Crippen MR) is 84.1 cm³/mol. The lowest BCUT2D eigenvalue weighted by atomic mass is 10.1. The molecule has 0 saturated carbocycles. The van der Waals surface area contributed by atoms with E-state index in [2.05, 4.69) is 10.6 Å². The predicted octanol–water partition coefficient (Wildman–Crippen LogP) is -3.64. The average molecular weight is 360 g/mol. The summed E-state index contributed by atoms with van der Waals surface area (Å²) < 4.78 is 0. The zero-order valence-corrected chi connectivity index (χ0v) is 13.8. The third-order valence-corrected chi connectivity index (χ3v) is 3.91. The first kappa shape index (κ1) is 20.8. The number of likely N-dealkylation sites (tertiary alicyclic amines) is 1. The Hall–Kier alpha value is -2.24. The van der Waals surface area contributed by atoms with Crippen molar-refractivity contribution in [3.8, 4) is 0 Å². The number of carboxylic acid groups (broad SMARTS) is 1. The van der Waals surface area contributed by atoms with E-state index >= 15 is 0 Å². The molecule has 0 bridgehead atoms. The van der Waals surface area contributed by atoms with E-state index in [-0.39, 0.29) is 6.54 Å². The Morgan fingerprint density at radius 1 is 1.28 bits per heavy atom. The minimum Gasteiger partial charge on any atom is -0.480 e. The standard InChI is InChI=1S/C14H24N4O7/c1-7(20)11(15)13(23)17-8(6-19)12(22)16-5-10(21)18-4-2-3-9(18)14(24)25/h7-9,11,19-20H,2-6,15H2,1H3,(H,16,22)(H,17,23)(H,24,25)/t7-,8+,9+,11+/m1/s1. The molecule has 0 aromatic carbocycles. The van der Waals surface area contributed by atoms with Crippen molar-refractivity contribution >= 4 is 23.7 Å². The second-order valence-electron chi connectivity index (χ2n) is 5.81. The molecule has 4 atom stereocenters. The largest absolute Gasteiger partial charge is 0.480 e. The van der Waals surface area contributed by atoms with Crippen molar-refractivity contribution < 1.29 is 34.5 Å². The number of nitrogens with one attached hydrogen (secondary N) is 2. The molecule has 142 valence electrons. The van der Waals surface area contributed by atoms with Gasteiger partial charge in [0.15, 0.2) is 0 Å². The number of carbonyl (C=O) groups is 4. The molecule has 1 heterocycles. The van der Waals surface area contributed by atoms with Gasteiger partial charge in [-0.3, -0.25) is 14.4 Å². The summed E-state index contributed by atoms with van der Waals surface area (Å²) in [4.78, 5) is 47.9. The van der Waals surface area contributed by atoms with Gasteiger partial charge in [0.2, 0.25) is 17.7 Å². The zero-order valence-electron chi connectivity index (χ0n) is 13.8. The zero-order chi connectivity index (χ0) is 19.1. The van der Waals surface area contributed by atoms with Gasteiger partial charge in [-0.1, -0.05) is 0 Å². The maximum Gasteiger partial charge on any atom is 0.326 e. The Kier molecular flexibility index (Phi) is 7.74. The number of nitrogens with zero attached hydrogens (tertiary/aromatic N) is 1. The Bertz CT molecular complexity index is 525. The average Bonchev–Trinajstić information content (AvgIpc) is 3.06.